The van der Waals surface area contributed by atoms with E-state index in [1.165, 1.54) is 12.1 Å². The Labute approximate surface area is 120 Å². The molecule has 20 heavy (non-hydrogen) atoms. The highest BCUT2D eigenvalue weighted by molar-refractivity contribution is 7.89. The molecule has 0 aliphatic heterocycles. The molecule has 1 aromatic heterocycles. The van der Waals surface area contributed by atoms with Crippen molar-refractivity contribution < 1.29 is 17.9 Å². The van der Waals surface area contributed by atoms with Gasteiger partial charge in [-0.15, -0.1) is 9.19 Å². The van der Waals surface area contributed by atoms with Gasteiger partial charge in [0.2, 0.25) is 5.88 Å². The van der Waals surface area contributed by atoms with Crippen LogP contribution in [-0.4, -0.2) is 29.8 Å². The zero-order chi connectivity index (χ0) is 14.9. The zero-order valence-electron chi connectivity index (χ0n) is 10.3. The molecule has 0 amide bonds. The maximum Gasteiger partial charge on any atom is 0.344 e. The molecule has 0 spiro atoms. The highest BCUT2D eigenvalue weighted by Crippen LogP contribution is 2.18. The number of nitrogen functional groups attached to an aromatic ring is 1. The van der Waals surface area contributed by atoms with Gasteiger partial charge in [-0.05, 0) is 18.2 Å². The molecule has 2 aromatic rings. The van der Waals surface area contributed by atoms with Crippen LogP contribution in [0.2, 0.25) is 5.02 Å². The number of anilines is 1. The molecular weight excluding hydrogens is 306 g/mol. The summed E-state index contributed by atoms with van der Waals surface area (Å²) in [6, 6.07) is 7.26. The molecule has 1 aromatic carbocycles. The van der Waals surface area contributed by atoms with Gasteiger partial charge in [0.05, 0.1) is 11.8 Å². The Bertz CT molecular complexity index is 770. The quantitative estimate of drug-likeness (QED) is 0.852. The fourth-order valence-corrected chi connectivity index (χ4v) is 2.30. The first-order chi connectivity index (χ1) is 9.27. The van der Waals surface area contributed by atoms with E-state index in [-0.39, 0.29) is 17.3 Å². The van der Waals surface area contributed by atoms with Crippen LogP contribution in [0, 0.1) is 0 Å². The summed E-state index contributed by atoms with van der Waals surface area (Å²) in [7, 11) is -3.65. The van der Waals surface area contributed by atoms with Crippen molar-refractivity contribution >= 4 is 33.4 Å². The molecule has 0 saturated carbocycles. The van der Waals surface area contributed by atoms with Crippen LogP contribution in [-0.2, 0) is 10.0 Å². The van der Waals surface area contributed by atoms with Crippen LogP contribution in [0.5, 0.6) is 5.88 Å². The third-order valence-electron chi connectivity index (χ3n) is 2.25. The van der Waals surface area contributed by atoms with Crippen LogP contribution in [0.3, 0.4) is 0 Å². The second kappa shape index (κ2) is 5.14. The van der Waals surface area contributed by atoms with Crippen LogP contribution in [0.4, 0.5) is 5.82 Å². The van der Waals surface area contributed by atoms with Crippen molar-refractivity contribution in [3.8, 4) is 5.88 Å². The van der Waals surface area contributed by atoms with Crippen molar-refractivity contribution in [2.45, 2.75) is 0 Å². The lowest BCUT2D eigenvalue weighted by atomic mass is 10.2. The van der Waals surface area contributed by atoms with Gasteiger partial charge in [0.1, 0.15) is 5.82 Å². The van der Waals surface area contributed by atoms with Crippen LogP contribution < -0.4 is 10.5 Å². The van der Waals surface area contributed by atoms with E-state index in [0.717, 1.165) is 12.3 Å². The van der Waals surface area contributed by atoms with Crippen molar-refractivity contribution in [3.63, 3.8) is 0 Å². The van der Waals surface area contributed by atoms with Gasteiger partial charge in [-0.3, -0.25) is 0 Å². The highest BCUT2D eigenvalue weighted by Gasteiger charge is 2.17. The van der Waals surface area contributed by atoms with Gasteiger partial charge in [0, 0.05) is 11.1 Å². The molecule has 106 valence electrons. The Morgan fingerprint density at radius 3 is 2.65 bits per heavy atom. The van der Waals surface area contributed by atoms with E-state index in [9.17, 15) is 13.2 Å². The number of carbonyl (C=O) groups excluding carboxylic acids is 1. The Morgan fingerprint density at radius 2 is 2.10 bits per heavy atom. The van der Waals surface area contributed by atoms with Crippen LogP contribution in [0.1, 0.15) is 10.4 Å². The average Bonchev–Trinajstić information content (AvgIpc) is 2.70. The first-order valence-corrected chi connectivity index (χ1v) is 7.54. The van der Waals surface area contributed by atoms with E-state index in [0.29, 0.717) is 9.11 Å². The summed E-state index contributed by atoms with van der Waals surface area (Å²) in [4.78, 5) is 11.8. The summed E-state index contributed by atoms with van der Waals surface area (Å²) < 4.78 is 28.2. The number of aromatic nitrogens is 2. The molecule has 0 saturated heterocycles. The Kier molecular flexibility index (Phi) is 3.69. The standard InChI is InChI=1S/C11H10ClN3O4S/c1-20(17,18)15-9(13)6-10(14-15)19-11(16)7-3-2-4-8(12)5-7/h2-6H,13H2,1H3. The van der Waals surface area contributed by atoms with E-state index >= 15 is 0 Å². The smallest absolute Gasteiger partial charge is 0.344 e. The number of nitrogens with zero attached hydrogens (tertiary/aromatic N) is 2. The van der Waals surface area contributed by atoms with E-state index in [4.69, 9.17) is 22.1 Å². The predicted octanol–water partition coefficient (Wildman–Crippen LogP) is 1.15. The molecule has 2 N–H and O–H groups in total. The van der Waals surface area contributed by atoms with Gasteiger partial charge in [0.25, 0.3) is 10.0 Å². The number of halogens is 1. The highest BCUT2D eigenvalue weighted by atomic mass is 35.5. The third-order valence-corrected chi connectivity index (χ3v) is 3.41. The molecule has 2 rings (SSSR count). The SMILES string of the molecule is CS(=O)(=O)n1nc(OC(=O)c2cccc(Cl)c2)cc1N. The molecular formula is C11H10ClN3O4S. The van der Waals surface area contributed by atoms with Crippen LogP contribution in [0.25, 0.3) is 0 Å². The first-order valence-electron chi connectivity index (χ1n) is 5.31. The van der Waals surface area contributed by atoms with Crippen molar-refractivity contribution in [2.24, 2.45) is 0 Å². The minimum atomic E-state index is -3.65. The second-order valence-corrected chi connectivity index (χ2v) is 6.16. The summed E-state index contributed by atoms with van der Waals surface area (Å²) in [5, 5.41) is 3.97. The van der Waals surface area contributed by atoms with E-state index in [2.05, 4.69) is 5.10 Å². The topological polar surface area (TPSA) is 104 Å². The van der Waals surface area contributed by atoms with Crippen molar-refractivity contribution in [2.75, 3.05) is 12.0 Å². The number of nitrogens with two attached hydrogens (primary N) is 1. The van der Waals surface area contributed by atoms with E-state index in [1.54, 1.807) is 12.1 Å². The molecule has 0 unspecified atom stereocenters. The number of hydrogen-bond donors (Lipinski definition) is 1. The maximum atomic E-state index is 11.8. The third kappa shape index (κ3) is 3.09. The molecule has 0 aliphatic carbocycles. The van der Waals surface area contributed by atoms with Gasteiger partial charge in [-0.2, -0.15) is 0 Å². The molecule has 0 fully saturated rings. The lowest BCUT2D eigenvalue weighted by Gasteiger charge is -2.01. The first kappa shape index (κ1) is 14.4. The monoisotopic (exact) mass is 315 g/mol. The molecule has 0 atom stereocenters. The fraction of sp³-hybridized carbons (Fsp3) is 0.0909. The number of rotatable bonds is 3. The Balaban J connectivity index is 2.25. The van der Waals surface area contributed by atoms with Crippen molar-refractivity contribution in [1.29, 1.82) is 0 Å². The summed E-state index contributed by atoms with van der Waals surface area (Å²) in [6.45, 7) is 0. The molecule has 0 aliphatic rings. The predicted molar refractivity (Wildman–Crippen MR) is 73.3 cm³/mol. The average molecular weight is 316 g/mol. The minimum Gasteiger partial charge on any atom is -0.402 e. The van der Waals surface area contributed by atoms with E-state index in [1.807, 2.05) is 0 Å². The van der Waals surface area contributed by atoms with Crippen LogP contribution in [0.15, 0.2) is 30.3 Å². The number of ether oxygens (including phenoxy) is 1. The van der Waals surface area contributed by atoms with Crippen LogP contribution >= 0.6 is 11.6 Å². The number of benzene rings is 1. The van der Waals surface area contributed by atoms with Crippen molar-refractivity contribution in [3.05, 3.63) is 40.9 Å². The summed E-state index contributed by atoms with van der Waals surface area (Å²) >= 11 is 5.75. The lowest BCUT2D eigenvalue weighted by molar-refractivity contribution is 0.0727. The summed E-state index contributed by atoms with van der Waals surface area (Å²) in [5.74, 6) is -1.08. The van der Waals surface area contributed by atoms with Gasteiger partial charge >= 0.3 is 5.97 Å². The van der Waals surface area contributed by atoms with Crippen molar-refractivity contribution in [1.82, 2.24) is 9.19 Å². The summed E-state index contributed by atoms with van der Waals surface area (Å²) in [6.07, 6.45) is 0.929. The van der Waals surface area contributed by atoms with Gasteiger partial charge < -0.3 is 10.5 Å². The molecule has 7 nitrogen and oxygen atoms in total. The Morgan fingerprint density at radius 1 is 1.40 bits per heavy atom. The van der Waals surface area contributed by atoms with Gasteiger partial charge in [0.15, 0.2) is 0 Å². The fourth-order valence-electron chi connectivity index (χ4n) is 1.44. The largest absolute Gasteiger partial charge is 0.402 e. The Hall–Kier alpha value is -2.06. The zero-order valence-corrected chi connectivity index (χ0v) is 11.9. The van der Waals surface area contributed by atoms with Gasteiger partial charge in [-0.1, -0.05) is 17.7 Å². The normalized spacial score (nSPS) is 11.3. The molecule has 9 heteroatoms. The molecule has 1 heterocycles. The summed E-state index contributed by atoms with van der Waals surface area (Å²) in [5.41, 5.74) is 5.69. The number of hydrogen-bond acceptors (Lipinski definition) is 6. The van der Waals surface area contributed by atoms with E-state index < -0.39 is 16.0 Å². The maximum absolute atomic E-state index is 11.8. The molecule has 0 bridgehead atoms. The van der Waals surface area contributed by atoms with Gasteiger partial charge in [-0.25, -0.2) is 13.2 Å². The number of carbonyl (C=O) groups is 1. The second-order valence-electron chi connectivity index (χ2n) is 3.91. The minimum absolute atomic E-state index is 0.151. The number of esters is 1. The lowest BCUT2D eigenvalue weighted by Crippen LogP contribution is -2.15. The molecule has 0 radical (unpaired) electrons.